The molecule has 0 aromatic heterocycles. The number of rotatable bonds is 4. The second-order valence-electron chi connectivity index (χ2n) is 6.04. The number of esters is 1. The van der Waals surface area contributed by atoms with Gasteiger partial charge in [-0.2, -0.15) is 0 Å². The quantitative estimate of drug-likeness (QED) is 0.584. The molecule has 1 aliphatic heterocycles. The lowest BCUT2D eigenvalue weighted by Gasteiger charge is -2.31. The number of halogens is 1. The van der Waals surface area contributed by atoms with Crippen LogP contribution in [0.25, 0.3) is 0 Å². The van der Waals surface area contributed by atoms with Crippen LogP contribution in [0.15, 0.2) is 0 Å². The monoisotopic (exact) mass is 285 g/mol. The van der Waals surface area contributed by atoms with Crippen molar-refractivity contribution in [2.45, 2.75) is 50.6 Å². The van der Waals surface area contributed by atoms with Crippen molar-refractivity contribution in [3.05, 3.63) is 0 Å². The largest absolute Gasteiger partial charge is 0.459 e. The molecule has 3 fully saturated rings. The molecule has 3 aliphatic rings. The summed E-state index contributed by atoms with van der Waals surface area (Å²) in [7, 11) is 0. The average molecular weight is 286 g/mol. The number of ether oxygens (including phenoxy) is 1. The summed E-state index contributed by atoms with van der Waals surface area (Å²) < 4.78 is 5.60. The van der Waals surface area contributed by atoms with Crippen LogP contribution in [0.1, 0.15) is 33.1 Å². The van der Waals surface area contributed by atoms with Gasteiger partial charge in [-0.3, -0.25) is 9.59 Å². The van der Waals surface area contributed by atoms with E-state index in [1.807, 2.05) is 4.90 Å². The molecule has 1 saturated heterocycles. The Bertz CT molecular complexity index is 411. The van der Waals surface area contributed by atoms with Gasteiger partial charge in [-0.25, -0.2) is 0 Å². The van der Waals surface area contributed by atoms with E-state index in [2.05, 4.69) is 6.92 Å². The van der Waals surface area contributed by atoms with E-state index in [1.54, 1.807) is 6.92 Å². The van der Waals surface area contributed by atoms with Gasteiger partial charge in [0.25, 0.3) is 0 Å². The van der Waals surface area contributed by atoms with E-state index in [0.717, 1.165) is 25.8 Å². The van der Waals surface area contributed by atoms with Crippen molar-refractivity contribution < 1.29 is 14.3 Å². The van der Waals surface area contributed by atoms with Crippen LogP contribution in [0.2, 0.25) is 0 Å². The van der Waals surface area contributed by atoms with Crippen molar-refractivity contribution in [2.75, 3.05) is 6.54 Å². The summed E-state index contributed by atoms with van der Waals surface area (Å²) in [5, 5.41) is -0.619. The molecular weight excluding hydrogens is 266 g/mol. The molecule has 1 heterocycles. The van der Waals surface area contributed by atoms with Crippen LogP contribution in [0.5, 0.6) is 0 Å². The van der Waals surface area contributed by atoms with Crippen LogP contribution in [0, 0.1) is 17.8 Å². The van der Waals surface area contributed by atoms with Gasteiger partial charge in [0.1, 0.15) is 11.5 Å². The molecular formula is C14H20ClNO3. The van der Waals surface area contributed by atoms with Gasteiger partial charge in [0.2, 0.25) is 5.91 Å². The van der Waals surface area contributed by atoms with Crippen molar-refractivity contribution >= 4 is 23.5 Å². The zero-order chi connectivity index (χ0) is 13.7. The van der Waals surface area contributed by atoms with Crippen molar-refractivity contribution in [3.8, 4) is 0 Å². The molecule has 4 nitrogen and oxygen atoms in total. The number of hydrogen-bond donors (Lipinski definition) is 0. The van der Waals surface area contributed by atoms with E-state index < -0.39 is 5.38 Å². The van der Waals surface area contributed by atoms with Crippen LogP contribution in [-0.4, -0.2) is 40.8 Å². The van der Waals surface area contributed by atoms with E-state index in [-0.39, 0.29) is 29.9 Å². The highest BCUT2D eigenvalue weighted by molar-refractivity contribution is 6.29. The third-order valence-corrected chi connectivity index (χ3v) is 5.07. The van der Waals surface area contributed by atoms with Crippen molar-refractivity contribution in [1.29, 1.82) is 0 Å². The molecule has 2 bridgehead atoms. The predicted octanol–water partition coefficient (Wildman–Crippen LogP) is 1.80. The third kappa shape index (κ3) is 1.87. The van der Waals surface area contributed by atoms with Crippen molar-refractivity contribution in [2.24, 2.45) is 17.8 Å². The first-order valence-electron chi connectivity index (χ1n) is 7.19. The SMILES string of the molecule is CCCN1C(=O)C2CC3CC2C1C3OC(=O)C(C)Cl. The van der Waals surface area contributed by atoms with Gasteiger partial charge >= 0.3 is 5.97 Å². The minimum atomic E-state index is -0.619. The van der Waals surface area contributed by atoms with Gasteiger partial charge in [-0.15, -0.1) is 11.6 Å². The fourth-order valence-electron chi connectivity index (χ4n) is 4.23. The molecule has 1 amide bonds. The summed E-state index contributed by atoms with van der Waals surface area (Å²) in [4.78, 5) is 26.0. The topological polar surface area (TPSA) is 46.6 Å². The first-order valence-corrected chi connectivity index (χ1v) is 7.63. The number of fused-ring (bicyclic) bond motifs is 1. The highest BCUT2D eigenvalue weighted by Gasteiger charge is 2.64. The number of likely N-dealkylation sites (tertiary alicyclic amines) is 1. The van der Waals surface area contributed by atoms with Crippen LogP contribution in [0.4, 0.5) is 0 Å². The van der Waals surface area contributed by atoms with Gasteiger partial charge in [0.15, 0.2) is 0 Å². The lowest BCUT2D eigenvalue weighted by atomic mass is 9.87. The third-order valence-electron chi connectivity index (χ3n) is 4.89. The Hall–Kier alpha value is -0.770. The normalized spacial score (nSPS) is 40.9. The Morgan fingerprint density at radius 3 is 2.89 bits per heavy atom. The maximum absolute atomic E-state index is 12.3. The fraction of sp³-hybridized carbons (Fsp3) is 0.857. The lowest BCUT2D eigenvalue weighted by molar-refractivity contribution is -0.154. The van der Waals surface area contributed by atoms with Gasteiger partial charge in [0.05, 0.1) is 6.04 Å². The minimum absolute atomic E-state index is 0.107. The van der Waals surface area contributed by atoms with E-state index in [9.17, 15) is 9.59 Å². The summed E-state index contributed by atoms with van der Waals surface area (Å²) >= 11 is 5.78. The van der Waals surface area contributed by atoms with Gasteiger partial charge < -0.3 is 9.64 Å². The molecule has 106 valence electrons. The number of hydrogen-bond acceptors (Lipinski definition) is 3. The summed E-state index contributed by atoms with van der Waals surface area (Å²) in [5.74, 6) is 0.853. The first-order chi connectivity index (χ1) is 9.04. The number of amides is 1. The Morgan fingerprint density at radius 1 is 1.53 bits per heavy atom. The summed E-state index contributed by atoms with van der Waals surface area (Å²) in [6, 6.07) is 0.107. The maximum atomic E-state index is 12.3. The van der Waals surface area contributed by atoms with Gasteiger partial charge in [-0.05, 0) is 38.0 Å². The summed E-state index contributed by atoms with van der Waals surface area (Å²) in [6.45, 7) is 4.47. The van der Waals surface area contributed by atoms with Crippen LogP contribution in [-0.2, 0) is 14.3 Å². The molecule has 3 rings (SSSR count). The fourth-order valence-corrected chi connectivity index (χ4v) is 4.28. The Balaban J connectivity index is 1.80. The highest BCUT2D eigenvalue weighted by Crippen LogP contribution is 2.56. The maximum Gasteiger partial charge on any atom is 0.324 e. The van der Waals surface area contributed by atoms with E-state index in [4.69, 9.17) is 16.3 Å². The van der Waals surface area contributed by atoms with Crippen molar-refractivity contribution in [1.82, 2.24) is 4.90 Å². The Morgan fingerprint density at radius 2 is 2.26 bits per heavy atom. The standard InChI is InChI=1S/C14H20ClNO3/c1-3-4-16-11-9-5-8(6-10(9)13(16)17)12(11)19-14(18)7(2)15/h7-12H,3-6H2,1-2H3. The smallest absolute Gasteiger partial charge is 0.324 e. The molecule has 0 N–H and O–H groups in total. The Kier molecular flexibility index (Phi) is 3.24. The highest BCUT2D eigenvalue weighted by atomic mass is 35.5. The summed E-state index contributed by atoms with van der Waals surface area (Å²) in [5.41, 5.74) is 0. The molecule has 6 unspecified atom stereocenters. The average Bonchev–Trinajstić information content (AvgIpc) is 2.97. The predicted molar refractivity (Wildman–Crippen MR) is 70.7 cm³/mol. The molecule has 2 aliphatic carbocycles. The Labute approximate surface area is 118 Å². The second kappa shape index (κ2) is 4.65. The molecule has 19 heavy (non-hydrogen) atoms. The summed E-state index contributed by atoms with van der Waals surface area (Å²) in [6.07, 6.45) is 2.72. The zero-order valence-electron chi connectivity index (χ0n) is 11.3. The van der Waals surface area contributed by atoms with E-state index >= 15 is 0 Å². The molecule has 6 atom stereocenters. The molecule has 0 spiro atoms. The second-order valence-corrected chi connectivity index (χ2v) is 6.70. The van der Waals surface area contributed by atoms with Crippen LogP contribution < -0.4 is 0 Å². The molecule has 5 heteroatoms. The molecule has 2 saturated carbocycles. The van der Waals surface area contributed by atoms with Gasteiger partial charge in [0, 0.05) is 12.5 Å². The molecule has 0 aromatic rings. The number of nitrogens with zero attached hydrogens (tertiary/aromatic N) is 1. The van der Waals surface area contributed by atoms with Crippen LogP contribution in [0.3, 0.4) is 0 Å². The van der Waals surface area contributed by atoms with E-state index in [1.165, 1.54) is 0 Å². The molecule has 0 aromatic carbocycles. The first kappa shape index (κ1) is 13.2. The molecule has 0 radical (unpaired) electrons. The van der Waals surface area contributed by atoms with Gasteiger partial charge in [-0.1, -0.05) is 6.92 Å². The lowest BCUT2D eigenvalue weighted by Crippen LogP contribution is -2.45. The number of carbonyl (C=O) groups excluding carboxylic acids is 2. The number of alkyl halides is 1. The zero-order valence-corrected chi connectivity index (χ0v) is 12.1. The van der Waals surface area contributed by atoms with E-state index in [0.29, 0.717) is 11.8 Å². The van der Waals surface area contributed by atoms with Crippen LogP contribution >= 0.6 is 11.6 Å². The minimum Gasteiger partial charge on any atom is -0.459 e. The number of carbonyl (C=O) groups is 2. The van der Waals surface area contributed by atoms with Crippen molar-refractivity contribution in [3.63, 3.8) is 0 Å².